The molecule has 2 heterocycles. The Kier molecular flexibility index (Phi) is 6.15. The van der Waals surface area contributed by atoms with Crippen molar-refractivity contribution in [3.8, 4) is 11.5 Å². The van der Waals surface area contributed by atoms with Crippen LogP contribution in [0, 0.1) is 12.7 Å². The minimum absolute atomic E-state index is 0.239. The van der Waals surface area contributed by atoms with Gasteiger partial charge in [-0.1, -0.05) is 24.3 Å². The number of H-pyrrole nitrogens is 1. The zero-order valence-electron chi connectivity index (χ0n) is 19.5. The molecule has 0 unspecified atom stereocenters. The second kappa shape index (κ2) is 9.47. The molecular formula is C26H17F4N5O3. The van der Waals surface area contributed by atoms with Gasteiger partial charge in [0, 0.05) is 23.0 Å². The Balaban J connectivity index is 1.45. The van der Waals surface area contributed by atoms with Crippen LogP contribution in [-0.2, 0) is 6.18 Å². The van der Waals surface area contributed by atoms with Gasteiger partial charge in [-0.15, -0.1) is 0 Å². The van der Waals surface area contributed by atoms with Crippen molar-refractivity contribution in [3.63, 3.8) is 0 Å². The monoisotopic (exact) mass is 523 g/mol. The number of aryl methyl sites for hydroxylation is 1. The summed E-state index contributed by atoms with van der Waals surface area (Å²) in [5, 5.41) is 5.78. The zero-order chi connectivity index (χ0) is 27.0. The maximum atomic E-state index is 14.1. The number of pyridine rings is 1. The number of urea groups is 1. The summed E-state index contributed by atoms with van der Waals surface area (Å²) in [6.07, 6.45) is -3.24. The molecule has 12 heteroatoms. The van der Waals surface area contributed by atoms with E-state index < -0.39 is 29.3 Å². The number of carbonyl (C=O) groups excluding carboxylic acids is 1. The van der Waals surface area contributed by atoms with Gasteiger partial charge in [0.05, 0.1) is 16.9 Å². The second-order valence-corrected chi connectivity index (χ2v) is 8.19. The molecule has 0 radical (unpaired) electrons. The number of hydrogen-bond acceptors (Lipinski definition) is 5. The third-order valence-corrected chi connectivity index (χ3v) is 5.62. The van der Waals surface area contributed by atoms with Gasteiger partial charge in [-0.05, 0) is 37.3 Å². The second-order valence-electron chi connectivity index (χ2n) is 8.19. The highest BCUT2D eigenvalue weighted by atomic mass is 19.4. The van der Waals surface area contributed by atoms with Crippen LogP contribution in [0.3, 0.4) is 0 Å². The average molecular weight is 523 g/mol. The summed E-state index contributed by atoms with van der Waals surface area (Å²) in [7, 11) is 0. The first-order valence-corrected chi connectivity index (χ1v) is 11.1. The fourth-order valence-electron chi connectivity index (χ4n) is 3.80. The lowest BCUT2D eigenvalue weighted by molar-refractivity contribution is -0.137. The van der Waals surface area contributed by atoms with Crippen molar-refractivity contribution in [2.24, 2.45) is 0 Å². The minimum atomic E-state index is -4.70. The number of nitrogens with zero attached hydrogens (tertiary/aromatic N) is 2. The predicted molar refractivity (Wildman–Crippen MR) is 133 cm³/mol. The van der Waals surface area contributed by atoms with E-state index in [4.69, 9.17) is 4.74 Å². The Labute approximate surface area is 211 Å². The number of amides is 2. The van der Waals surface area contributed by atoms with Crippen LogP contribution in [0.4, 0.5) is 33.7 Å². The van der Waals surface area contributed by atoms with Crippen molar-refractivity contribution >= 4 is 39.3 Å². The minimum Gasteiger partial charge on any atom is -0.454 e. The van der Waals surface area contributed by atoms with E-state index in [1.54, 1.807) is 43.3 Å². The van der Waals surface area contributed by atoms with Gasteiger partial charge in [-0.3, -0.25) is 4.79 Å². The van der Waals surface area contributed by atoms with Gasteiger partial charge >= 0.3 is 12.2 Å². The maximum Gasteiger partial charge on any atom is 0.416 e. The van der Waals surface area contributed by atoms with Crippen LogP contribution in [0.2, 0.25) is 0 Å². The van der Waals surface area contributed by atoms with Crippen LogP contribution in [0.5, 0.6) is 11.5 Å². The number of fused-ring (bicyclic) bond motifs is 2. The molecule has 0 atom stereocenters. The van der Waals surface area contributed by atoms with E-state index in [-0.39, 0.29) is 16.9 Å². The van der Waals surface area contributed by atoms with Gasteiger partial charge < -0.3 is 20.4 Å². The summed E-state index contributed by atoms with van der Waals surface area (Å²) in [5.41, 5.74) is -0.951. The Morgan fingerprint density at radius 2 is 1.68 bits per heavy atom. The fourth-order valence-corrected chi connectivity index (χ4v) is 3.80. The summed E-state index contributed by atoms with van der Waals surface area (Å²) in [6, 6.07) is 12.4. The van der Waals surface area contributed by atoms with Gasteiger partial charge in [0.2, 0.25) is 0 Å². The van der Waals surface area contributed by atoms with Gasteiger partial charge in [-0.2, -0.15) is 13.2 Å². The number of anilines is 2. The largest absolute Gasteiger partial charge is 0.454 e. The lowest BCUT2D eigenvalue weighted by Gasteiger charge is -2.15. The highest BCUT2D eigenvalue weighted by Crippen LogP contribution is 2.36. The normalized spacial score (nSPS) is 11.5. The molecule has 5 rings (SSSR count). The van der Waals surface area contributed by atoms with E-state index >= 15 is 0 Å². The van der Waals surface area contributed by atoms with Crippen molar-refractivity contribution in [2.45, 2.75) is 13.1 Å². The number of halogens is 4. The molecule has 0 bridgehead atoms. The molecule has 0 saturated heterocycles. The molecule has 2 aromatic heterocycles. The number of ether oxygens (including phenoxy) is 1. The summed E-state index contributed by atoms with van der Waals surface area (Å²) >= 11 is 0. The fraction of sp³-hybridized carbons (Fsp3) is 0.0769. The van der Waals surface area contributed by atoms with Gasteiger partial charge in [0.1, 0.15) is 22.8 Å². The maximum absolute atomic E-state index is 14.1. The van der Waals surface area contributed by atoms with Crippen LogP contribution in [0.15, 0.2) is 71.7 Å². The van der Waals surface area contributed by atoms with Gasteiger partial charge in [0.25, 0.3) is 5.56 Å². The quantitative estimate of drug-likeness (QED) is 0.237. The summed E-state index contributed by atoms with van der Waals surface area (Å²) in [4.78, 5) is 35.5. The number of rotatable bonds is 4. The topological polar surface area (TPSA) is 109 Å². The molecule has 0 aliphatic rings. The molecule has 0 aliphatic carbocycles. The van der Waals surface area contributed by atoms with Gasteiger partial charge in [-0.25, -0.2) is 19.2 Å². The van der Waals surface area contributed by atoms with E-state index in [0.717, 1.165) is 0 Å². The van der Waals surface area contributed by atoms with Crippen molar-refractivity contribution < 1.29 is 27.1 Å². The Morgan fingerprint density at radius 3 is 2.45 bits per heavy atom. The molecule has 38 heavy (non-hydrogen) atoms. The smallest absolute Gasteiger partial charge is 0.416 e. The zero-order valence-corrected chi connectivity index (χ0v) is 19.5. The number of aromatic amines is 1. The molecule has 2 amide bonds. The SMILES string of the molecule is Cc1nc2c(Oc3ccc(NC(=O)Nc4cc(C(F)(F)F)ccc4F)c4ccccc34)ccnc2[nH]c1=O. The molecule has 5 aromatic rings. The number of nitrogens with one attached hydrogen (secondary N) is 3. The highest BCUT2D eigenvalue weighted by molar-refractivity contribution is 6.07. The lowest BCUT2D eigenvalue weighted by Crippen LogP contribution is -2.21. The first-order valence-electron chi connectivity index (χ1n) is 11.1. The van der Waals surface area contributed by atoms with Crippen molar-refractivity contribution in [3.05, 3.63) is 94.3 Å². The molecular weight excluding hydrogens is 506 g/mol. The van der Waals surface area contributed by atoms with Crippen molar-refractivity contribution in [1.82, 2.24) is 15.0 Å². The van der Waals surface area contributed by atoms with E-state index in [0.29, 0.717) is 51.7 Å². The molecule has 192 valence electrons. The number of carbonyl (C=O) groups is 1. The Bertz CT molecular complexity index is 1770. The first kappa shape index (κ1) is 24.7. The average Bonchev–Trinajstić information content (AvgIpc) is 2.87. The summed E-state index contributed by atoms with van der Waals surface area (Å²) in [5.74, 6) is -0.289. The molecule has 3 N–H and O–H groups in total. The van der Waals surface area contributed by atoms with Crippen molar-refractivity contribution in [2.75, 3.05) is 10.6 Å². The molecule has 8 nitrogen and oxygen atoms in total. The summed E-state index contributed by atoms with van der Waals surface area (Å²) < 4.78 is 59.2. The van der Waals surface area contributed by atoms with Gasteiger partial charge in [0.15, 0.2) is 11.4 Å². The molecule has 0 fully saturated rings. The number of aromatic nitrogens is 3. The van der Waals surface area contributed by atoms with Crippen molar-refractivity contribution in [1.29, 1.82) is 0 Å². The number of alkyl halides is 3. The van der Waals surface area contributed by atoms with Crippen LogP contribution in [0.1, 0.15) is 11.3 Å². The van der Waals surface area contributed by atoms with E-state index in [2.05, 4.69) is 25.6 Å². The Morgan fingerprint density at radius 1 is 0.947 bits per heavy atom. The van der Waals surface area contributed by atoms with Crippen LogP contribution >= 0.6 is 0 Å². The standard InChI is InChI=1S/C26H17F4N5O3/c1-13-24(36)35-23-22(32-13)21(10-11-31-23)38-20-9-8-18(15-4-2-3-5-16(15)20)33-25(37)34-19-12-14(26(28,29)30)6-7-17(19)27/h2-12H,1H3,(H,31,35,36)(H2,33,34,37). The molecule has 0 aliphatic heterocycles. The number of hydrogen-bond donors (Lipinski definition) is 3. The first-order chi connectivity index (χ1) is 18.1. The van der Waals surface area contributed by atoms with E-state index in [1.165, 1.54) is 12.3 Å². The lowest BCUT2D eigenvalue weighted by atomic mass is 10.1. The van der Waals surface area contributed by atoms with Crippen LogP contribution in [-0.4, -0.2) is 21.0 Å². The summed E-state index contributed by atoms with van der Waals surface area (Å²) in [6.45, 7) is 1.56. The van der Waals surface area contributed by atoms with Crippen LogP contribution in [0.25, 0.3) is 21.9 Å². The third kappa shape index (κ3) is 4.83. The molecule has 0 spiro atoms. The third-order valence-electron chi connectivity index (χ3n) is 5.62. The van der Waals surface area contributed by atoms with Crippen LogP contribution < -0.4 is 20.9 Å². The van der Waals surface area contributed by atoms with E-state index in [1.807, 2.05) is 0 Å². The predicted octanol–water partition coefficient (Wildman–Crippen LogP) is 6.37. The number of benzene rings is 3. The molecule has 0 saturated carbocycles. The highest BCUT2D eigenvalue weighted by Gasteiger charge is 2.31. The van der Waals surface area contributed by atoms with E-state index in [9.17, 15) is 27.2 Å². The Hall–Kier alpha value is -5.00. The molecule has 3 aromatic carbocycles.